The van der Waals surface area contributed by atoms with Gasteiger partial charge in [0.1, 0.15) is 0 Å². The Morgan fingerprint density at radius 3 is 2.49 bits per heavy atom. The van der Waals surface area contributed by atoms with Gasteiger partial charge in [-0.2, -0.15) is 0 Å². The van der Waals surface area contributed by atoms with Crippen molar-refractivity contribution in [1.29, 1.82) is 0 Å². The van der Waals surface area contributed by atoms with E-state index in [9.17, 15) is 9.59 Å². The smallest absolute Gasteiger partial charge is 0.228 e. The van der Waals surface area contributed by atoms with Crippen LogP contribution in [0, 0.1) is 5.92 Å². The number of amides is 2. The molecule has 0 spiro atoms. The number of methoxy groups -OCH3 is 2. The number of likely N-dealkylation sites (tertiary alicyclic amines) is 1. The van der Waals surface area contributed by atoms with Crippen LogP contribution < -0.4 is 9.47 Å². The number of rotatable bonds is 9. The van der Waals surface area contributed by atoms with E-state index in [1.165, 1.54) is 0 Å². The maximum absolute atomic E-state index is 13.5. The van der Waals surface area contributed by atoms with E-state index in [1.807, 2.05) is 66.7 Å². The molecule has 0 aliphatic carbocycles. The Morgan fingerprint density at radius 1 is 1.06 bits per heavy atom. The summed E-state index contributed by atoms with van der Waals surface area (Å²) in [6.45, 7) is 0.961. The van der Waals surface area contributed by atoms with Gasteiger partial charge < -0.3 is 19.3 Å². The standard InChI is InChI=1S/C28H31N3O4/c1-30(27(21-9-5-4-6-10-21)23-11-7-8-15-29-23)28(33)22-18-26(32)31(19-22)16-14-20-12-13-24(34-2)25(17-20)35-3/h4-13,15,17,22,27H,14,16,18-19H2,1-3H3. The molecule has 2 unspecified atom stereocenters. The topological polar surface area (TPSA) is 72.0 Å². The zero-order valence-electron chi connectivity index (χ0n) is 20.4. The van der Waals surface area contributed by atoms with E-state index in [-0.39, 0.29) is 30.2 Å². The number of carbonyl (C=O) groups is 2. The Labute approximate surface area is 206 Å². The highest BCUT2D eigenvalue weighted by atomic mass is 16.5. The third-order valence-corrected chi connectivity index (χ3v) is 6.50. The van der Waals surface area contributed by atoms with Gasteiger partial charge in [0.15, 0.2) is 11.5 Å². The van der Waals surface area contributed by atoms with Crippen LogP contribution in [0.1, 0.15) is 29.3 Å². The van der Waals surface area contributed by atoms with E-state index < -0.39 is 0 Å². The highest BCUT2D eigenvalue weighted by molar-refractivity contribution is 5.89. The molecule has 1 aliphatic heterocycles. The second-order valence-corrected chi connectivity index (χ2v) is 8.70. The van der Waals surface area contributed by atoms with Gasteiger partial charge in [0.2, 0.25) is 11.8 Å². The molecule has 2 amide bonds. The van der Waals surface area contributed by atoms with Crippen LogP contribution in [0.15, 0.2) is 72.9 Å². The molecule has 182 valence electrons. The summed E-state index contributed by atoms with van der Waals surface area (Å²) in [5, 5.41) is 0. The van der Waals surface area contributed by atoms with Gasteiger partial charge in [-0.3, -0.25) is 14.6 Å². The average molecular weight is 474 g/mol. The summed E-state index contributed by atoms with van der Waals surface area (Å²) in [4.78, 5) is 34.3. The van der Waals surface area contributed by atoms with Crippen LogP contribution >= 0.6 is 0 Å². The van der Waals surface area contributed by atoms with Crippen molar-refractivity contribution in [2.24, 2.45) is 5.92 Å². The summed E-state index contributed by atoms with van der Waals surface area (Å²) < 4.78 is 10.7. The van der Waals surface area contributed by atoms with Crippen molar-refractivity contribution in [1.82, 2.24) is 14.8 Å². The third kappa shape index (κ3) is 5.45. The van der Waals surface area contributed by atoms with Gasteiger partial charge in [0, 0.05) is 32.8 Å². The first kappa shape index (κ1) is 24.3. The van der Waals surface area contributed by atoms with Crippen LogP contribution in [-0.4, -0.2) is 61.0 Å². The lowest BCUT2D eigenvalue weighted by molar-refractivity contribution is -0.136. The maximum atomic E-state index is 13.5. The van der Waals surface area contributed by atoms with Gasteiger partial charge >= 0.3 is 0 Å². The molecule has 0 saturated carbocycles. The highest BCUT2D eigenvalue weighted by Gasteiger charge is 2.37. The van der Waals surface area contributed by atoms with Crippen LogP contribution in [0.3, 0.4) is 0 Å². The van der Waals surface area contributed by atoms with E-state index in [1.54, 1.807) is 37.3 Å². The summed E-state index contributed by atoms with van der Waals surface area (Å²) in [5.74, 6) is 0.905. The van der Waals surface area contributed by atoms with Crippen LogP contribution in [0.25, 0.3) is 0 Å². The number of nitrogens with zero attached hydrogens (tertiary/aromatic N) is 3. The molecule has 2 atom stereocenters. The summed E-state index contributed by atoms with van der Waals surface area (Å²) in [6.07, 6.45) is 2.63. The number of carbonyl (C=O) groups excluding carboxylic acids is 2. The first-order valence-corrected chi connectivity index (χ1v) is 11.7. The number of hydrogen-bond acceptors (Lipinski definition) is 5. The third-order valence-electron chi connectivity index (χ3n) is 6.50. The van der Waals surface area contributed by atoms with Gasteiger partial charge in [0.05, 0.1) is 31.9 Å². The Morgan fingerprint density at radius 2 is 1.80 bits per heavy atom. The average Bonchev–Trinajstić information content (AvgIpc) is 3.28. The largest absolute Gasteiger partial charge is 0.493 e. The van der Waals surface area contributed by atoms with Crippen LogP contribution in [0.2, 0.25) is 0 Å². The summed E-state index contributed by atoms with van der Waals surface area (Å²) in [6, 6.07) is 21.0. The van der Waals surface area contributed by atoms with Gasteiger partial charge in [-0.15, -0.1) is 0 Å². The summed E-state index contributed by atoms with van der Waals surface area (Å²) in [5.41, 5.74) is 2.82. The number of benzene rings is 2. The highest BCUT2D eigenvalue weighted by Crippen LogP contribution is 2.31. The molecular formula is C28H31N3O4. The first-order chi connectivity index (χ1) is 17.0. The van der Waals surface area contributed by atoms with Crippen molar-refractivity contribution in [3.05, 3.63) is 89.7 Å². The van der Waals surface area contributed by atoms with Gasteiger partial charge in [-0.25, -0.2) is 0 Å². The Bertz CT molecular complexity index is 1110. The minimum Gasteiger partial charge on any atom is -0.493 e. The van der Waals surface area contributed by atoms with Crippen LogP contribution in [0.4, 0.5) is 0 Å². The molecule has 0 bridgehead atoms. The van der Waals surface area contributed by atoms with E-state index in [4.69, 9.17) is 9.47 Å². The summed E-state index contributed by atoms with van der Waals surface area (Å²) >= 11 is 0. The molecule has 1 fully saturated rings. The molecular weight excluding hydrogens is 442 g/mol. The summed E-state index contributed by atoms with van der Waals surface area (Å²) in [7, 11) is 5.00. The number of aromatic nitrogens is 1. The van der Waals surface area contributed by atoms with E-state index in [0.717, 1.165) is 16.8 Å². The number of pyridine rings is 1. The first-order valence-electron chi connectivity index (χ1n) is 11.7. The SMILES string of the molecule is COc1ccc(CCN2CC(C(=O)N(C)C(c3ccccc3)c3ccccn3)CC2=O)cc1OC. The number of hydrogen-bond donors (Lipinski definition) is 0. The molecule has 0 radical (unpaired) electrons. The molecule has 3 aromatic rings. The lowest BCUT2D eigenvalue weighted by Crippen LogP contribution is -2.38. The van der Waals surface area contributed by atoms with E-state index in [0.29, 0.717) is 31.0 Å². The van der Waals surface area contributed by atoms with Crippen molar-refractivity contribution >= 4 is 11.8 Å². The fourth-order valence-electron chi connectivity index (χ4n) is 4.63. The van der Waals surface area contributed by atoms with Gasteiger partial charge in [-0.05, 0) is 41.8 Å². The van der Waals surface area contributed by atoms with E-state index >= 15 is 0 Å². The normalized spacial score (nSPS) is 16.1. The second kappa shape index (κ2) is 11.0. The van der Waals surface area contributed by atoms with Crippen molar-refractivity contribution in [3.63, 3.8) is 0 Å². The van der Waals surface area contributed by atoms with Crippen molar-refractivity contribution in [3.8, 4) is 11.5 Å². The van der Waals surface area contributed by atoms with Gasteiger partial charge in [0.25, 0.3) is 0 Å². The molecule has 2 heterocycles. The van der Waals surface area contributed by atoms with Crippen LogP contribution in [-0.2, 0) is 16.0 Å². The Balaban J connectivity index is 1.45. The fraction of sp³-hybridized carbons (Fsp3) is 0.321. The molecule has 4 rings (SSSR count). The lowest BCUT2D eigenvalue weighted by Gasteiger charge is -2.30. The van der Waals surface area contributed by atoms with E-state index in [2.05, 4.69) is 4.98 Å². The molecule has 1 aliphatic rings. The van der Waals surface area contributed by atoms with Crippen molar-refractivity contribution in [2.45, 2.75) is 18.9 Å². The zero-order valence-corrected chi connectivity index (χ0v) is 20.4. The van der Waals surface area contributed by atoms with Gasteiger partial charge in [-0.1, -0.05) is 42.5 Å². The monoisotopic (exact) mass is 473 g/mol. The number of ether oxygens (including phenoxy) is 2. The molecule has 7 nitrogen and oxygen atoms in total. The quantitative estimate of drug-likeness (QED) is 0.474. The molecule has 1 aromatic heterocycles. The lowest BCUT2D eigenvalue weighted by atomic mass is 9.99. The minimum atomic E-state index is -0.382. The molecule has 35 heavy (non-hydrogen) atoms. The molecule has 7 heteroatoms. The fourth-order valence-corrected chi connectivity index (χ4v) is 4.63. The molecule has 2 aromatic carbocycles. The maximum Gasteiger partial charge on any atom is 0.228 e. The predicted molar refractivity (Wildman–Crippen MR) is 133 cm³/mol. The van der Waals surface area contributed by atoms with Crippen molar-refractivity contribution < 1.29 is 19.1 Å². The minimum absolute atomic E-state index is 0.00586. The van der Waals surface area contributed by atoms with Crippen LogP contribution in [0.5, 0.6) is 11.5 Å². The zero-order chi connectivity index (χ0) is 24.8. The Hall–Kier alpha value is -3.87. The second-order valence-electron chi connectivity index (χ2n) is 8.70. The predicted octanol–water partition coefficient (Wildman–Crippen LogP) is 3.74. The van der Waals surface area contributed by atoms with Crippen molar-refractivity contribution in [2.75, 3.05) is 34.4 Å². The molecule has 0 N–H and O–H groups in total. The molecule has 1 saturated heterocycles. The Kier molecular flexibility index (Phi) is 7.65.